The summed E-state index contributed by atoms with van der Waals surface area (Å²) in [4.78, 5) is 12.5. The van der Waals surface area contributed by atoms with Crippen LogP contribution >= 0.6 is 0 Å². The van der Waals surface area contributed by atoms with Gasteiger partial charge >= 0.3 is 5.97 Å². The lowest BCUT2D eigenvalue weighted by Crippen LogP contribution is -2.67. The van der Waals surface area contributed by atoms with Crippen molar-refractivity contribution < 1.29 is 27.9 Å². The lowest BCUT2D eigenvalue weighted by Gasteiger charge is -2.46. The van der Waals surface area contributed by atoms with E-state index in [-0.39, 0.29) is 46.5 Å². The van der Waals surface area contributed by atoms with Crippen molar-refractivity contribution in [3.05, 3.63) is 60.7 Å². The van der Waals surface area contributed by atoms with Gasteiger partial charge in [-0.1, -0.05) is 102 Å². The summed E-state index contributed by atoms with van der Waals surface area (Å²) in [6.45, 7) is 21.6. The molecule has 6 nitrogen and oxygen atoms in total. The molecule has 0 aromatic heterocycles. The molecule has 0 amide bonds. The Morgan fingerprint density at radius 1 is 0.905 bits per heavy atom. The predicted octanol–water partition coefficient (Wildman–Crippen LogP) is 5.44. The van der Waals surface area contributed by atoms with E-state index in [1.807, 2.05) is 0 Å². The van der Waals surface area contributed by atoms with Gasteiger partial charge in [0.1, 0.15) is 17.3 Å². The Morgan fingerprint density at radius 2 is 1.48 bits per heavy atom. The average molecular weight is 609 g/mol. The fourth-order valence-electron chi connectivity index (χ4n) is 7.94. The van der Waals surface area contributed by atoms with Crippen molar-refractivity contribution >= 4 is 33.0 Å². The van der Waals surface area contributed by atoms with E-state index in [1.54, 1.807) is 0 Å². The molecule has 4 aliphatic rings. The van der Waals surface area contributed by atoms with E-state index in [2.05, 4.69) is 122 Å². The van der Waals surface area contributed by atoms with Crippen LogP contribution < -0.4 is 10.4 Å². The summed E-state index contributed by atoms with van der Waals surface area (Å²) in [5.74, 6) is -0.172. The second kappa shape index (κ2) is 9.84. The van der Waals surface area contributed by atoms with Gasteiger partial charge in [-0.2, -0.15) is 0 Å². The normalized spacial score (nSPS) is 34.4. The molecule has 2 aromatic carbocycles. The topological polar surface area (TPSA) is 66.5 Å². The number of ether oxygens (including phenoxy) is 3. The third-order valence-corrected chi connectivity index (χ3v) is 20.6. The highest BCUT2D eigenvalue weighted by Crippen LogP contribution is 2.70. The maximum atomic E-state index is 12.5. The summed E-state index contributed by atoms with van der Waals surface area (Å²) in [5, 5.41) is 2.41. The van der Waals surface area contributed by atoms with Gasteiger partial charge < -0.3 is 23.1 Å². The summed E-state index contributed by atoms with van der Waals surface area (Å²) in [6, 6.07) is 21.6. The van der Waals surface area contributed by atoms with E-state index in [9.17, 15) is 4.79 Å². The number of carbonyl (C=O) groups excluding carboxylic acids is 1. The van der Waals surface area contributed by atoms with Crippen molar-refractivity contribution in [2.45, 2.75) is 108 Å². The maximum absolute atomic E-state index is 12.5. The summed E-state index contributed by atoms with van der Waals surface area (Å²) in [6.07, 6.45) is -0.573. The molecule has 6 rings (SSSR count). The number of benzene rings is 2. The van der Waals surface area contributed by atoms with Crippen LogP contribution in [0.4, 0.5) is 0 Å². The first-order valence-corrected chi connectivity index (χ1v) is 20.3. The Labute approximate surface area is 253 Å². The minimum absolute atomic E-state index is 0.00244. The maximum Gasteiger partial charge on any atom is 0.309 e. The van der Waals surface area contributed by atoms with Crippen molar-refractivity contribution in [2.24, 2.45) is 11.8 Å². The molecule has 1 saturated carbocycles. The molecule has 2 aromatic rings. The molecule has 228 valence electrons. The Bertz CT molecular complexity index is 1280. The summed E-state index contributed by atoms with van der Waals surface area (Å²) in [5.41, 5.74) is -1.17. The zero-order chi connectivity index (χ0) is 30.3. The van der Waals surface area contributed by atoms with Crippen LogP contribution in [0.25, 0.3) is 0 Å². The first-order chi connectivity index (χ1) is 19.6. The van der Waals surface area contributed by atoms with Crippen molar-refractivity contribution in [1.82, 2.24) is 0 Å². The fourth-order valence-corrected chi connectivity index (χ4v) is 13.9. The van der Waals surface area contributed by atoms with E-state index < -0.39 is 33.9 Å². The van der Waals surface area contributed by atoms with Crippen LogP contribution in [0.1, 0.15) is 54.9 Å². The second-order valence-corrected chi connectivity index (χ2v) is 24.6. The molecule has 0 bridgehead atoms. The minimum atomic E-state index is -2.78. The number of carbonyl (C=O) groups is 1. The molecule has 1 spiro atoms. The number of fused-ring (bicyclic) bond motifs is 1. The molecule has 4 fully saturated rings. The summed E-state index contributed by atoms with van der Waals surface area (Å²) >= 11 is 0. The van der Waals surface area contributed by atoms with Gasteiger partial charge in [0.2, 0.25) is 0 Å². The van der Waals surface area contributed by atoms with Crippen LogP contribution in [0.5, 0.6) is 0 Å². The lowest BCUT2D eigenvalue weighted by molar-refractivity contribution is -0.160. The highest BCUT2D eigenvalue weighted by atomic mass is 28.4. The van der Waals surface area contributed by atoms with Crippen molar-refractivity contribution in [2.75, 3.05) is 13.2 Å². The van der Waals surface area contributed by atoms with Gasteiger partial charge in [-0.3, -0.25) is 4.79 Å². The Kier molecular flexibility index (Phi) is 7.08. The summed E-state index contributed by atoms with van der Waals surface area (Å²) in [7, 11) is -4.98. The van der Waals surface area contributed by atoms with Gasteiger partial charge in [-0.25, -0.2) is 0 Å². The first-order valence-electron chi connectivity index (χ1n) is 15.5. The Hall–Kier alpha value is -1.82. The highest BCUT2D eigenvalue weighted by molar-refractivity contribution is 6.99. The van der Waals surface area contributed by atoms with Crippen LogP contribution in [0.2, 0.25) is 23.2 Å². The molecule has 42 heavy (non-hydrogen) atoms. The van der Waals surface area contributed by atoms with Crippen LogP contribution in [-0.4, -0.2) is 65.3 Å². The molecule has 3 saturated heterocycles. The van der Waals surface area contributed by atoms with E-state index in [4.69, 9.17) is 23.1 Å². The zero-order valence-corrected chi connectivity index (χ0v) is 28.7. The largest absolute Gasteiger partial charge is 0.456 e. The van der Waals surface area contributed by atoms with Crippen LogP contribution in [0.3, 0.4) is 0 Å². The number of hydrogen-bond acceptors (Lipinski definition) is 6. The Balaban J connectivity index is 1.43. The van der Waals surface area contributed by atoms with Crippen LogP contribution in [0.15, 0.2) is 60.7 Å². The number of esters is 1. The molecule has 8 heteroatoms. The van der Waals surface area contributed by atoms with Gasteiger partial charge in [0, 0.05) is 18.4 Å². The third-order valence-electron chi connectivity index (χ3n) is 11.1. The van der Waals surface area contributed by atoms with Crippen molar-refractivity contribution in [3.8, 4) is 0 Å². The van der Waals surface area contributed by atoms with E-state index >= 15 is 0 Å². The monoisotopic (exact) mass is 608 g/mol. The van der Waals surface area contributed by atoms with Gasteiger partial charge in [0.05, 0.1) is 19.1 Å². The molecule has 0 N–H and O–H groups in total. The van der Waals surface area contributed by atoms with Crippen LogP contribution in [0, 0.1) is 11.8 Å². The third kappa shape index (κ3) is 4.27. The molecule has 0 unspecified atom stereocenters. The highest BCUT2D eigenvalue weighted by Gasteiger charge is 2.88. The van der Waals surface area contributed by atoms with Crippen LogP contribution in [-0.2, 0) is 27.9 Å². The smallest absolute Gasteiger partial charge is 0.309 e. The fraction of sp³-hybridized carbons (Fsp3) is 0.618. The Morgan fingerprint density at radius 3 is 2.00 bits per heavy atom. The molecule has 3 heterocycles. The summed E-state index contributed by atoms with van der Waals surface area (Å²) < 4.78 is 33.9. The zero-order valence-electron chi connectivity index (χ0n) is 26.7. The average Bonchev–Trinajstić information content (AvgIpc) is 3.24. The number of hydrogen-bond donors (Lipinski definition) is 0. The molecular weight excluding hydrogens is 561 g/mol. The number of epoxide rings is 1. The number of rotatable bonds is 7. The van der Waals surface area contributed by atoms with Gasteiger partial charge in [0.15, 0.2) is 14.4 Å². The van der Waals surface area contributed by atoms with Crippen molar-refractivity contribution in [1.29, 1.82) is 0 Å². The quantitative estimate of drug-likeness (QED) is 0.237. The van der Waals surface area contributed by atoms with Crippen molar-refractivity contribution in [3.63, 3.8) is 0 Å². The van der Waals surface area contributed by atoms with Gasteiger partial charge in [-0.05, 0) is 40.5 Å². The first kappa shape index (κ1) is 30.2. The lowest BCUT2D eigenvalue weighted by atomic mass is 9.79. The molecule has 1 aliphatic carbocycles. The minimum Gasteiger partial charge on any atom is -0.456 e. The predicted molar refractivity (Wildman–Crippen MR) is 169 cm³/mol. The molecule has 3 aliphatic heterocycles. The second-order valence-electron chi connectivity index (χ2n) is 15.5. The van der Waals surface area contributed by atoms with E-state index in [0.717, 1.165) is 0 Å². The van der Waals surface area contributed by atoms with Gasteiger partial charge in [0.25, 0.3) is 8.32 Å². The molecule has 7 atom stereocenters. The van der Waals surface area contributed by atoms with E-state index in [0.29, 0.717) is 13.2 Å². The van der Waals surface area contributed by atoms with E-state index in [1.165, 1.54) is 10.4 Å². The SMILES string of the molecule is CC(C)(C)[Si](C)(C)O[C@@H]1[C@H](CO[Si](c2ccccc2)(c2ccccc2)C(C)(C)C)[C@@H]2CO[C@H]3CC(=O)O[C@H]3[C@@]23O[C@@]13C. The molecular formula is C34H48O6Si2. The molecule has 0 radical (unpaired) electrons. The van der Waals surface area contributed by atoms with Gasteiger partial charge in [-0.15, -0.1) is 0 Å². The standard InChI is InChI=1S/C34H48O6Si2/c1-31(2,3)41(8,9)39-29-25(26-22-36-27-20-28(35)38-30(27)34(26)33(29,7)40-34)21-37-42(32(4,5)6,23-16-12-10-13-17-23)24-18-14-11-15-19-24/h10-19,25-27,29-30H,20-22H2,1-9H3/t25-,26+,27+,29-,30-,33+,34+/m1/s1.